The summed E-state index contributed by atoms with van der Waals surface area (Å²) in [6.07, 6.45) is 1.75. The molecule has 2 aromatic heterocycles. The minimum atomic E-state index is -0.167. The predicted molar refractivity (Wildman–Crippen MR) is 137 cm³/mol. The third-order valence-corrected chi connectivity index (χ3v) is 6.69. The molecule has 0 saturated carbocycles. The molecule has 0 bridgehead atoms. The molecule has 1 amide bonds. The normalized spacial score (nSPS) is 11.2. The van der Waals surface area contributed by atoms with Gasteiger partial charge >= 0.3 is 0 Å². The Bertz CT molecular complexity index is 1210. The summed E-state index contributed by atoms with van der Waals surface area (Å²) in [5, 5.41) is 11.0. The third-order valence-electron chi connectivity index (χ3n) is 4.69. The number of benzene rings is 2. The average molecular weight is 481 g/mol. The number of nitrogens with one attached hydrogen (secondary N) is 2. The van der Waals surface area contributed by atoms with Crippen molar-refractivity contribution >= 4 is 56.5 Å². The van der Waals surface area contributed by atoms with E-state index in [0.717, 1.165) is 11.1 Å². The van der Waals surface area contributed by atoms with Gasteiger partial charge in [0.1, 0.15) is 10.7 Å². The molecule has 2 heterocycles. The largest absolute Gasteiger partial charge is 0.311 e. The molecule has 0 aliphatic heterocycles. The van der Waals surface area contributed by atoms with E-state index in [1.807, 2.05) is 35.7 Å². The molecule has 8 heteroatoms. The van der Waals surface area contributed by atoms with Gasteiger partial charge in [0.25, 0.3) is 5.91 Å². The van der Waals surface area contributed by atoms with Crippen molar-refractivity contribution in [3.8, 4) is 11.3 Å². The van der Waals surface area contributed by atoms with E-state index in [-0.39, 0.29) is 5.91 Å². The van der Waals surface area contributed by atoms with Crippen molar-refractivity contribution in [1.29, 1.82) is 0 Å². The first-order chi connectivity index (χ1) is 15.5. The molecule has 0 atom stereocenters. The number of hydrogen-bond donors (Lipinski definition) is 2. The molecule has 162 valence electrons. The molecule has 2 aromatic carbocycles. The number of amides is 1. The van der Waals surface area contributed by atoms with Crippen LogP contribution in [0.3, 0.4) is 0 Å². The summed E-state index contributed by atoms with van der Waals surface area (Å²) in [4.78, 5) is 17.9. The van der Waals surface area contributed by atoms with Gasteiger partial charge < -0.3 is 5.32 Å². The minimum Gasteiger partial charge on any atom is -0.311 e. The molecule has 32 heavy (non-hydrogen) atoms. The Kier molecular flexibility index (Phi) is 6.99. The Morgan fingerprint density at radius 1 is 1.09 bits per heavy atom. The average Bonchev–Trinajstić information content (AvgIpc) is 3.45. The molecule has 2 N–H and O–H groups in total. The molecule has 0 saturated heterocycles. The van der Waals surface area contributed by atoms with Crippen LogP contribution in [-0.2, 0) is 0 Å². The molecule has 0 fully saturated rings. The second-order valence-corrected chi connectivity index (χ2v) is 9.71. The van der Waals surface area contributed by atoms with Gasteiger partial charge in [0.05, 0.1) is 11.1 Å². The lowest BCUT2D eigenvalue weighted by Gasteiger charge is -2.04. The summed E-state index contributed by atoms with van der Waals surface area (Å²) in [6, 6.07) is 19.3. The standard InChI is InChI=1S/C24H21ClN4OS2/c1-15(2)17-7-5-16(6-8-17)14-26-29-24-27-21(18-9-11-19(25)12-10-18)23(32-24)28-22(30)20-4-3-13-31-20/h3-15H,1-2H3,(H,27,29)(H,28,30)/b26-14+. The van der Waals surface area contributed by atoms with Gasteiger partial charge in [-0.05, 0) is 40.6 Å². The summed E-state index contributed by atoms with van der Waals surface area (Å²) in [5.74, 6) is 0.322. The molecule has 0 aliphatic carbocycles. The number of carbonyl (C=O) groups excluding carboxylic acids is 1. The number of thiazole rings is 1. The fourth-order valence-electron chi connectivity index (χ4n) is 2.96. The Hall–Kier alpha value is -3.00. The van der Waals surface area contributed by atoms with Crippen molar-refractivity contribution in [2.75, 3.05) is 10.7 Å². The number of rotatable bonds is 7. The van der Waals surface area contributed by atoms with Crippen LogP contribution in [0.2, 0.25) is 5.02 Å². The Morgan fingerprint density at radius 2 is 1.84 bits per heavy atom. The Balaban J connectivity index is 1.55. The van der Waals surface area contributed by atoms with Crippen LogP contribution < -0.4 is 10.7 Å². The van der Waals surface area contributed by atoms with Gasteiger partial charge in [0.15, 0.2) is 0 Å². The van der Waals surface area contributed by atoms with Gasteiger partial charge in [0, 0.05) is 10.6 Å². The summed E-state index contributed by atoms with van der Waals surface area (Å²) in [7, 11) is 0. The van der Waals surface area contributed by atoms with Gasteiger partial charge in [-0.15, -0.1) is 11.3 Å². The van der Waals surface area contributed by atoms with Crippen LogP contribution in [-0.4, -0.2) is 17.1 Å². The number of thiophene rings is 1. The topological polar surface area (TPSA) is 66.4 Å². The summed E-state index contributed by atoms with van der Waals surface area (Å²) < 4.78 is 0. The smallest absolute Gasteiger partial charge is 0.266 e. The zero-order valence-electron chi connectivity index (χ0n) is 17.5. The molecule has 0 aliphatic rings. The molecule has 0 spiro atoms. The maximum Gasteiger partial charge on any atom is 0.266 e. The number of nitrogens with zero attached hydrogens (tertiary/aromatic N) is 2. The molecule has 0 unspecified atom stereocenters. The number of hydrogen-bond acceptors (Lipinski definition) is 6. The maximum atomic E-state index is 12.6. The summed E-state index contributed by atoms with van der Waals surface area (Å²) in [5.41, 5.74) is 6.77. The van der Waals surface area contributed by atoms with Crippen molar-refractivity contribution in [1.82, 2.24) is 4.98 Å². The van der Waals surface area contributed by atoms with Crippen LogP contribution in [0, 0.1) is 0 Å². The molecule has 0 radical (unpaired) electrons. The van der Waals surface area contributed by atoms with E-state index in [1.54, 1.807) is 24.4 Å². The molecular weight excluding hydrogens is 460 g/mol. The van der Waals surface area contributed by atoms with Crippen LogP contribution in [0.5, 0.6) is 0 Å². The van der Waals surface area contributed by atoms with E-state index >= 15 is 0 Å². The SMILES string of the molecule is CC(C)c1ccc(/C=N/Nc2nc(-c3ccc(Cl)cc3)c(NC(=O)c3cccs3)s2)cc1. The van der Waals surface area contributed by atoms with Gasteiger partial charge in [-0.1, -0.05) is 79.2 Å². The first-order valence-electron chi connectivity index (χ1n) is 10.0. The third kappa shape index (κ3) is 5.43. The number of halogens is 1. The van der Waals surface area contributed by atoms with E-state index in [0.29, 0.717) is 31.6 Å². The van der Waals surface area contributed by atoms with E-state index in [9.17, 15) is 4.79 Å². The van der Waals surface area contributed by atoms with Gasteiger partial charge in [0.2, 0.25) is 5.13 Å². The van der Waals surface area contributed by atoms with Crippen molar-refractivity contribution < 1.29 is 4.79 Å². The second-order valence-electron chi connectivity index (χ2n) is 7.33. The first-order valence-corrected chi connectivity index (χ1v) is 12.1. The quantitative estimate of drug-likeness (QED) is 0.214. The van der Waals surface area contributed by atoms with Crippen LogP contribution in [0.1, 0.15) is 40.6 Å². The van der Waals surface area contributed by atoms with Crippen molar-refractivity contribution in [2.45, 2.75) is 19.8 Å². The zero-order valence-corrected chi connectivity index (χ0v) is 19.9. The van der Waals surface area contributed by atoms with E-state index in [1.165, 1.54) is 28.2 Å². The van der Waals surface area contributed by atoms with Crippen molar-refractivity contribution in [3.05, 3.63) is 87.1 Å². The molecule has 4 rings (SSSR count). The van der Waals surface area contributed by atoms with Gasteiger partial charge in [-0.3, -0.25) is 10.2 Å². The summed E-state index contributed by atoms with van der Waals surface area (Å²) >= 11 is 8.75. The summed E-state index contributed by atoms with van der Waals surface area (Å²) in [6.45, 7) is 4.33. The van der Waals surface area contributed by atoms with Gasteiger partial charge in [-0.25, -0.2) is 4.98 Å². The Morgan fingerprint density at radius 3 is 2.50 bits per heavy atom. The van der Waals surface area contributed by atoms with E-state index in [2.05, 4.69) is 46.8 Å². The van der Waals surface area contributed by atoms with E-state index < -0.39 is 0 Å². The fraction of sp³-hybridized carbons (Fsp3) is 0.125. The lowest BCUT2D eigenvalue weighted by Crippen LogP contribution is -2.09. The minimum absolute atomic E-state index is 0.167. The highest BCUT2D eigenvalue weighted by Gasteiger charge is 2.17. The van der Waals surface area contributed by atoms with Gasteiger partial charge in [-0.2, -0.15) is 5.10 Å². The fourth-order valence-corrected chi connectivity index (χ4v) is 4.54. The van der Waals surface area contributed by atoms with Crippen molar-refractivity contribution in [2.24, 2.45) is 5.10 Å². The van der Waals surface area contributed by atoms with Crippen molar-refractivity contribution in [3.63, 3.8) is 0 Å². The van der Waals surface area contributed by atoms with Crippen LogP contribution in [0.15, 0.2) is 71.1 Å². The predicted octanol–water partition coefficient (Wildman–Crippen LogP) is 7.35. The van der Waals surface area contributed by atoms with Crippen LogP contribution in [0.4, 0.5) is 10.1 Å². The molecule has 5 nitrogen and oxygen atoms in total. The Labute approximate surface area is 199 Å². The highest BCUT2D eigenvalue weighted by atomic mass is 35.5. The first kappa shape index (κ1) is 22.2. The van der Waals surface area contributed by atoms with Crippen LogP contribution >= 0.6 is 34.3 Å². The monoisotopic (exact) mass is 480 g/mol. The zero-order chi connectivity index (χ0) is 22.5. The highest BCUT2D eigenvalue weighted by Crippen LogP contribution is 2.36. The number of carbonyl (C=O) groups is 1. The molecular formula is C24H21ClN4OS2. The highest BCUT2D eigenvalue weighted by molar-refractivity contribution is 7.20. The number of aromatic nitrogens is 1. The lowest BCUT2D eigenvalue weighted by molar-refractivity contribution is 0.103. The lowest BCUT2D eigenvalue weighted by atomic mass is 10.0. The van der Waals surface area contributed by atoms with Crippen LogP contribution in [0.25, 0.3) is 11.3 Å². The van der Waals surface area contributed by atoms with E-state index in [4.69, 9.17) is 11.6 Å². The molecule has 4 aromatic rings. The number of anilines is 2. The maximum absolute atomic E-state index is 12.6. The number of hydrazone groups is 1. The second kappa shape index (κ2) is 10.1.